The minimum Gasteiger partial charge on any atom is -0.481 e. The summed E-state index contributed by atoms with van der Waals surface area (Å²) in [5, 5.41) is 154. The highest BCUT2D eigenvalue weighted by atomic mass is 16.7. The van der Waals surface area contributed by atoms with E-state index in [2.05, 4.69) is 11.1 Å². The van der Waals surface area contributed by atoms with Gasteiger partial charge in [0.25, 0.3) is 0 Å². The number of allylic oxidation sites excluding steroid dienone is 4. The van der Waals surface area contributed by atoms with Gasteiger partial charge in [-0.1, -0.05) is 90.0 Å². The van der Waals surface area contributed by atoms with Crippen LogP contribution in [0.1, 0.15) is 165 Å². The first-order valence-electron chi connectivity index (χ1n) is 30.1. The summed E-state index contributed by atoms with van der Waals surface area (Å²) in [4.78, 5) is 42.0. The first-order valence-corrected chi connectivity index (χ1v) is 30.1. The number of aliphatic hydroxyl groups is 13. The van der Waals surface area contributed by atoms with E-state index in [4.69, 9.17) is 25.7 Å². The minimum atomic E-state index is -2.58. The van der Waals surface area contributed by atoms with Gasteiger partial charge >= 0.3 is 17.9 Å². The number of aliphatic imine (C=N–C) groups is 1. The van der Waals surface area contributed by atoms with Crippen LogP contribution in [0.3, 0.4) is 0 Å². The number of carbonyl (C=O) groups excluding carboxylic acids is 2. The van der Waals surface area contributed by atoms with E-state index in [1.807, 2.05) is 20.8 Å². The monoisotopic (exact) mass is 1200 g/mol. The zero-order valence-electron chi connectivity index (χ0n) is 51.0. The van der Waals surface area contributed by atoms with Crippen LogP contribution in [0.25, 0.3) is 0 Å². The molecule has 486 valence electrons. The standard InChI is InChI=1S/C61H107N3O20/c1-33(16-12-10-11-15-23-64-60(62)63)24-37(5)57-36(4)17-13-14-18-46(67)38(6)49(70)27-43(66)25-42(65)26-44(82-55(77)31-54(75)76)28-45-29-52(73)58(79)61(81,84-45)32-53(74)34(2)19-21-47(68)39(7)50(71)30-51(72)40(8)48(69)22-20-35(3)56(78)41(9)59(80)83-57/h13-14,16-18,20,34,36-53,56-58,65-74,78-79,81H,10-12,15,19,21-32H2,1-9H3,(H,75,76)(H4,62,63,64)/b17-13+,18-14+,33-16+,35-20+. The van der Waals surface area contributed by atoms with Crippen LogP contribution in [0.5, 0.6) is 0 Å². The molecule has 0 radical (unpaired) electrons. The van der Waals surface area contributed by atoms with Gasteiger partial charge in [0.15, 0.2) is 11.7 Å². The van der Waals surface area contributed by atoms with Gasteiger partial charge in [-0.15, -0.1) is 0 Å². The molecule has 23 nitrogen and oxygen atoms in total. The summed E-state index contributed by atoms with van der Waals surface area (Å²) in [5.74, 6) is -10.6. The number of unbranched alkanes of at least 4 members (excludes halogenated alkanes) is 3. The number of guanidine groups is 1. The second-order valence-electron chi connectivity index (χ2n) is 24.6. The average Bonchev–Trinajstić information content (AvgIpc) is 3.57. The van der Waals surface area contributed by atoms with Gasteiger partial charge in [0.1, 0.15) is 24.7 Å². The molecule has 84 heavy (non-hydrogen) atoms. The summed E-state index contributed by atoms with van der Waals surface area (Å²) < 4.78 is 17.5. The molecule has 2 aliphatic heterocycles. The molecule has 0 spiro atoms. The van der Waals surface area contributed by atoms with Crippen molar-refractivity contribution in [1.82, 2.24) is 0 Å². The molecule has 0 aliphatic carbocycles. The fourth-order valence-corrected chi connectivity index (χ4v) is 10.9. The lowest BCUT2D eigenvalue weighted by Crippen LogP contribution is -2.60. The topological polar surface area (TPSA) is 427 Å². The van der Waals surface area contributed by atoms with E-state index >= 15 is 0 Å². The van der Waals surface area contributed by atoms with Crippen LogP contribution in [0.4, 0.5) is 0 Å². The van der Waals surface area contributed by atoms with Gasteiger partial charge in [0.2, 0.25) is 0 Å². The summed E-state index contributed by atoms with van der Waals surface area (Å²) in [6, 6.07) is 0. The van der Waals surface area contributed by atoms with Crippen LogP contribution in [0.15, 0.2) is 52.6 Å². The van der Waals surface area contributed by atoms with E-state index in [1.165, 1.54) is 13.0 Å². The number of ether oxygens (including phenoxy) is 3. The highest BCUT2D eigenvalue weighted by molar-refractivity contribution is 5.90. The number of rotatable bonds is 12. The van der Waals surface area contributed by atoms with Gasteiger partial charge in [-0.25, -0.2) is 0 Å². The van der Waals surface area contributed by atoms with Crippen molar-refractivity contribution in [2.24, 2.45) is 57.9 Å². The molecule has 2 rings (SSSR count). The average molecular weight is 1200 g/mol. The van der Waals surface area contributed by atoms with Crippen LogP contribution >= 0.6 is 0 Å². The van der Waals surface area contributed by atoms with Crippen molar-refractivity contribution in [1.29, 1.82) is 0 Å². The molecule has 23 atom stereocenters. The number of carboxylic acids is 1. The van der Waals surface area contributed by atoms with Crippen molar-refractivity contribution in [2.45, 2.75) is 262 Å². The number of aliphatic carboxylic acids is 1. The second-order valence-corrected chi connectivity index (χ2v) is 24.6. The normalized spacial score (nSPS) is 39.8. The third kappa shape index (κ3) is 27.0. The van der Waals surface area contributed by atoms with Crippen molar-refractivity contribution >= 4 is 23.9 Å². The number of aliphatic hydroxyl groups excluding tert-OH is 12. The van der Waals surface area contributed by atoms with Crippen molar-refractivity contribution in [3.63, 3.8) is 0 Å². The highest BCUT2D eigenvalue weighted by Gasteiger charge is 2.50. The van der Waals surface area contributed by atoms with Crippen LogP contribution in [-0.4, -0.2) is 199 Å². The molecule has 0 saturated carbocycles. The summed E-state index contributed by atoms with van der Waals surface area (Å²) in [6.45, 7) is 15.9. The Labute approximate surface area is 496 Å². The number of cyclic esters (lactones) is 1. The number of nitrogens with two attached hydrogens (primary N) is 2. The smallest absolute Gasteiger partial charge is 0.317 e. The van der Waals surface area contributed by atoms with E-state index in [0.29, 0.717) is 18.5 Å². The molecule has 0 aromatic rings. The lowest BCUT2D eigenvalue weighted by atomic mass is 9.83. The van der Waals surface area contributed by atoms with Crippen LogP contribution in [0.2, 0.25) is 0 Å². The zero-order chi connectivity index (χ0) is 63.8. The highest BCUT2D eigenvalue weighted by Crippen LogP contribution is 2.37. The van der Waals surface area contributed by atoms with Gasteiger partial charge in [-0.05, 0) is 102 Å². The largest absolute Gasteiger partial charge is 0.481 e. The number of carbonyl (C=O) groups is 3. The van der Waals surface area contributed by atoms with Gasteiger partial charge in [-0.3, -0.25) is 19.4 Å². The van der Waals surface area contributed by atoms with Crippen molar-refractivity contribution in [2.75, 3.05) is 6.54 Å². The summed E-state index contributed by atoms with van der Waals surface area (Å²) in [7, 11) is 0. The van der Waals surface area contributed by atoms with Crippen LogP contribution < -0.4 is 11.5 Å². The Bertz CT molecular complexity index is 2110. The molecule has 1 saturated heterocycles. The Morgan fingerprint density at radius 2 is 1.36 bits per heavy atom. The first kappa shape index (κ1) is 76.2. The Kier molecular flexibility index (Phi) is 34.2. The predicted octanol–water partition coefficient (Wildman–Crippen LogP) is 2.30. The number of esters is 2. The molecule has 18 N–H and O–H groups in total. The maximum absolute atomic E-state index is 13.9. The first-order chi connectivity index (χ1) is 39.2. The molecule has 0 aromatic heterocycles. The minimum absolute atomic E-state index is 0.0197. The maximum atomic E-state index is 13.9. The Balaban J connectivity index is 2.50. The molecule has 23 unspecified atom stereocenters. The quantitative estimate of drug-likeness (QED) is 0.0333. The summed E-state index contributed by atoms with van der Waals surface area (Å²) >= 11 is 0. The Hall–Kier alpha value is -3.92. The second kappa shape index (κ2) is 37.7. The third-order valence-electron chi connectivity index (χ3n) is 17.0. The third-order valence-corrected chi connectivity index (χ3v) is 17.0. The molecule has 23 heteroatoms. The van der Waals surface area contributed by atoms with Crippen LogP contribution in [-0.2, 0) is 28.6 Å². The number of carboxylic acid groups (broad SMARTS) is 1. The maximum Gasteiger partial charge on any atom is 0.317 e. The molecular weight excluding hydrogens is 1090 g/mol. The lowest BCUT2D eigenvalue weighted by molar-refractivity contribution is -0.333. The summed E-state index contributed by atoms with van der Waals surface area (Å²) in [6.07, 6.45) is -8.86. The molecule has 2 aliphatic rings. The SMILES string of the molecule is C/C(=C\CCCCCN=C(N)N)CC(C)C1OC(=O)C(C)C(O)/C(C)=C/CC(O)C(C)C(O)CC(O)C(C)C(O)CCC(C)C(O)CC2(O)OC(CC(OC(=O)CC(=O)O)CC(O)CC(O)CC(O)C(C)C(O)/C=C/C=C/C1C)CC(O)C2O. The molecule has 1 fully saturated rings. The van der Waals surface area contributed by atoms with E-state index in [1.54, 1.807) is 58.9 Å². The van der Waals surface area contributed by atoms with Gasteiger partial charge < -0.3 is 97.2 Å². The molecule has 2 heterocycles. The molecular formula is C61H107N3O20. The van der Waals surface area contributed by atoms with E-state index < -0.39 is 170 Å². The number of nitrogens with zero attached hydrogens (tertiary/aromatic N) is 1. The molecule has 2 bridgehead atoms. The zero-order valence-corrected chi connectivity index (χ0v) is 51.0. The van der Waals surface area contributed by atoms with E-state index in [-0.39, 0.29) is 63.2 Å². The number of fused-ring (bicyclic) bond motifs is 2. The Morgan fingerprint density at radius 3 is 1.99 bits per heavy atom. The van der Waals surface area contributed by atoms with Gasteiger partial charge in [-0.2, -0.15) is 0 Å². The predicted molar refractivity (Wildman–Crippen MR) is 314 cm³/mol. The number of hydrogen-bond donors (Lipinski definition) is 16. The fraction of sp³-hybridized carbons (Fsp3) is 0.803. The van der Waals surface area contributed by atoms with Crippen molar-refractivity contribution in [3.05, 3.63) is 47.6 Å². The fourth-order valence-electron chi connectivity index (χ4n) is 10.9. The Morgan fingerprint density at radius 1 is 0.750 bits per heavy atom. The van der Waals surface area contributed by atoms with E-state index in [0.717, 1.165) is 31.3 Å². The van der Waals surface area contributed by atoms with Crippen LogP contribution in [0, 0.1) is 41.4 Å². The molecule has 0 amide bonds. The number of hydrogen-bond acceptors (Lipinski definition) is 20. The lowest BCUT2D eigenvalue weighted by Gasteiger charge is -2.45. The molecule has 0 aromatic carbocycles. The van der Waals surface area contributed by atoms with Crippen molar-refractivity contribution < 1.29 is 100 Å². The summed E-state index contributed by atoms with van der Waals surface area (Å²) in [5.41, 5.74) is 12.3. The van der Waals surface area contributed by atoms with Gasteiger partial charge in [0, 0.05) is 55.9 Å². The van der Waals surface area contributed by atoms with Gasteiger partial charge in [0.05, 0.1) is 79.2 Å². The van der Waals surface area contributed by atoms with Crippen molar-refractivity contribution in [3.8, 4) is 0 Å². The van der Waals surface area contributed by atoms with E-state index in [9.17, 15) is 85.9 Å².